The molecule has 1 saturated heterocycles. The molecule has 0 unspecified atom stereocenters. The number of methoxy groups -OCH3 is 1. The molecule has 1 heterocycles. The van der Waals surface area contributed by atoms with Gasteiger partial charge in [-0.25, -0.2) is 0 Å². The fraction of sp³-hybridized carbons (Fsp3) is 0.458. The summed E-state index contributed by atoms with van der Waals surface area (Å²) < 4.78 is 11.0. The van der Waals surface area contributed by atoms with Crippen LogP contribution in [0.15, 0.2) is 47.5 Å². The van der Waals surface area contributed by atoms with E-state index >= 15 is 0 Å². The third kappa shape index (κ3) is 7.83. The topological polar surface area (TPSA) is 61.4 Å². The standard InChI is InChI=1S/C24H35N5O2.HI/c1-5-31-22-11-10-21(16-23(22)30-4)27-24(25-2)26-17-19-6-8-20(9-7-19)18-29-14-12-28(3)13-15-29;/h6-11,16H,5,12-15,17-18H2,1-4H3,(H2,25,26,27);1H. The number of benzene rings is 2. The van der Waals surface area contributed by atoms with Gasteiger partial charge in [0.05, 0.1) is 13.7 Å². The van der Waals surface area contributed by atoms with Gasteiger partial charge in [0.2, 0.25) is 0 Å². The number of halogens is 1. The maximum absolute atomic E-state index is 5.58. The summed E-state index contributed by atoms with van der Waals surface area (Å²) in [5.41, 5.74) is 3.46. The van der Waals surface area contributed by atoms with Crippen LogP contribution in [-0.4, -0.2) is 69.8 Å². The molecule has 0 bridgehead atoms. The summed E-state index contributed by atoms with van der Waals surface area (Å²) in [5.74, 6) is 2.13. The number of rotatable bonds is 8. The Morgan fingerprint density at radius 2 is 1.69 bits per heavy atom. The van der Waals surface area contributed by atoms with Gasteiger partial charge >= 0.3 is 0 Å². The van der Waals surface area contributed by atoms with Crippen molar-refractivity contribution >= 4 is 35.6 Å². The van der Waals surface area contributed by atoms with Crippen LogP contribution in [0.4, 0.5) is 5.69 Å². The van der Waals surface area contributed by atoms with Crippen molar-refractivity contribution < 1.29 is 9.47 Å². The zero-order valence-electron chi connectivity index (χ0n) is 19.6. The second kappa shape index (κ2) is 13.5. The normalized spacial score (nSPS) is 15.1. The van der Waals surface area contributed by atoms with Crippen LogP contribution in [-0.2, 0) is 13.1 Å². The molecule has 1 aliphatic rings. The summed E-state index contributed by atoms with van der Waals surface area (Å²) in [4.78, 5) is 9.23. The van der Waals surface area contributed by atoms with Gasteiger partial charge in [-0.3, -0.25) is 9.89 Å². The van der Waals surface area contributed by atoms with E-state index in [0.29, 0.717) is 24.9 Å². The Kier molecular flexibility index (Phi) is 11.1. The quantitative estimate of drug-likeness (QED) is 0.296. The number of nitrogens with one attached hydrogen (secondary N) is 2. The lowest BCUT2D eigenvalue weighted by molar-refractivity contribution is 0.148. The predicted molar refractivity (Wildman–Crippen MR) is 143 cm³/mol. The molecule has 0 saturated carbocycles. The van der Waals surface area contributed by atoms with Gasteiger partial charge in [-0.15, -0.1) is 24.0 Å². The molecule has 1 fully saturated rings. The number of anilines is 1. The molecule has 2 aromatic rings. The van der Waals surface area contributed by atoms with Crippen LogP contribution in [0.2, 0.25) is 0 Å². The van der Waals surface area contributed by atoms with E-state index in [1.807, 2.05) is 25.1 Å². The molecule has 2 aromatic carbocycles. The molecule has 8 heteroatoms. The van der Waals surface area contributed by atoms with E-state index in [1.54, 1.807) is 14.2 Å². The average Bonchev–Trinajstić information content (AvgIpc) is 2.80. The zero-order valence-corrected chi connectivity index (χ0v) is 21.9. The Balaban J connectivity index is 0.00000363. The maximum atomic E-state index is 5.58. The molecule has 0 aromatic heterocycles. The van der Waals surface area contributed by atoms with E-state index in [2.05, 4.69) is 56.7 Å². The number of likely N-dealkylation sites (N-methyl/N-ethyl adjacent to an activating group) is 1. The van der Waals surface area contributed by atoms with Gasteiger partial charge in [0.1, 0.15) is 0 Å². The molecule has 3 rings (SSSR count). The van der Waals surface area contributed by atoms with Crippen LogP contribution in [0, 0.1) is 0 Å². The van der Waals surface area contributed by atoms with Crippen molar-refractivity contribution in [2.45, 2.75) is 20.0 Å². The van der Waals surface area contributed by atoms with Crippen LogP contribution in [0.5, 0.6) is 11.5 Å². The highest BCUT2D eigenvalue weighted by Gasteiger charge is 2.13. The number of guanidine groups is 1. The maximum Gasteiger partial charge on any atom is 0.195 e. The fourth-order valence-corrected chi connectivity index (χ4v) is 3.55. The number of piperazine rings is 1. The van der Waals surface area contributed by atoms with Crippen molar-refractivity contribution in [2.75, 3.05) is 59.3 Å². The van der Waals surface area contributed by atoms with Gasteiger partial charge in [-0.2, -0.15) is 0 Å². The molecule has 0 atom stereocenters. The lowest BCUT2D eigenvalue weighted by Gasteiger charge is -2.32. The van der Waals surface area contributed by atoms with Crippen LogP contribution < -0.4 is 20.1 Å². The lowest BCUT2D eigenvalue weighted by Crippen LogP contribution is -2.43. The molecule has 32 heavy (non-hydrogen) atoms. The van der Waals surface area contributed by atoms with Gasteiger partial charge < -0.3 is 25.0 Å². The molecule has 0 spiro atoms. The number of nitrogens with zero attached hydrogens (tertiary/aromatic N) is 3. The minimum absolute atomic E-state index is 0. The van der Waals surface area contributed by atoms with Gasteiger partial charge in [0, 0.05) is 58.1 Å². The van der Waals surface area contributed by atoms with Crippen molar-refractivity contribution in [1.82, 2.24) is 15.1 Å². The zero-order chi connectivity index (χ0) is 22.1. The predicted octanol–water partition coefficient (Wildman–Crippen LogP) is 3.65. The monoisotopic (exact) mass is 553 g/mol. The first-order valence-corrected chi connectivity index (χ1v) is 10.9. The Hall–Kier alpha value is -2.04. The van der Waals surface area contributed by atoms with E-state index in [9.17, 15) is 0 Å². The van der Waals surface area contributed by atoms with Gasteiger partial charge in [0.15, 0.2) is 17.5 Å². The van der Waals surface area contributed by atoms with E-state index < -0.39 is 0 Å². The van der Waals surface area contributed by atoms with Crippen LogP contribution in [0.1, 0.15) is 18.1 Å². The first kappa shape index (κ1) is 26.2. The molecular formula is C24H36IN5O2. The summed E-state index contributed by atoms with van der Waals surface area (Å²) in [7, 11) is 5.59. The second-order valence-corrected chi connectivity index (χ2v) is 7.75. The molecule has 0 radical (unpaired) electrons. The van der Waals surface area contributed by atoms with Crippen molar-refractivity contribution in [3.8, 4) is 11.5 Å². The van der Waals surface area contributed by atoms with Gasteiger partial charge in [-0.1, -0.05) is 24.3 Å². The molecule has 176 valence electrons. The number of hydrogen-bond donors (Lipinski definition) is 2. The summed E-state index contributed by atoms with van der Waals surface area (Å²) in [6.45, 7) is 8.84. The molecule has 0 amide bonds. The summed E-state index contributed by atoms with van der Waals surface area (Å²) >= 11 is 0. The lowest BCUT2D eigenvalue weighted by atomic mass is 10.1. The number of aliphatic imine (C=N–C) groups is 1. The first-order chi connectivity index (χ1) is 15.1. The smallest absolute Gasteiger partial charge is 0.195 e. The molecule has 0 aliphatic carbocycles. The Bertz CT molecular complexity index is 852. The molecule has 2 N–H and O–H groups in total. The molecular weight excluding hydrogens is 517 g/mol. The van der Waals surface area contributed by atoms with Crippen molar-refractivity contribution in [3.63, 3.8) is 0 Å². The van der Waals surface area contributed by atoms with Gasteiger partial charge in [0.25, 0.3) is 0 Å². The van der Waals surface area contributed by atoms with Gasteiger partial charge in [-0.05, 0) is 37.2 Å². The van der Waals surface area contributed by atoms with Crippen LogP contribution in [0.3, 0.4) is 0 Å². The van der Waals surface area contributed by atoms with E-state index in [4.69, 9.17) is 9.47 Å². The highest BCUT2D eigenvalue weighted by Crippen LogP contribution is 2.30. The molecule has 1 aliphatic heterocycles. The summed E-state index contributed by atoms with van der Waals surface area (Å²) in [6.07, 6.45) is 0. The first-order valence-electron chi connectivity index (χ1n) is 10.9. The Labute approximate surface area is 209 Å². The Morgan fingerprint density at radius 1 is 1.00 bits per heavy atom. The second-order valence-electron chi connectivity index (χ2n) is 7.75. The highest BCUT2D eigenvalue weighted by molar-refractivity contribution is 14.0. The van der Waals surface area contributed by atoms with E-state index in [1.165, 1.54) is 11.1 Å². The third-order valence-electron chi connectivity index (χ3n) is 5.43. The van der Waals surface area contributed by atoms with Crippen molar-refractivity contribution in [3.05, 3.63) is 53.6 Å². The van der Waals surface area contributed by atoms with E-state index in [0.717, 1.165) is 44.2 Å². The minimum Gasteiger partial charge on any atom is -0.493 e. The third-order valence-corrected chi connectivity index (χ3v) is 5.43. The minimum atomic E-state index is 0. The largest absolute Gasteiger partial charge is 0.493 e. The summed E-state index contributed by atoms with van der Waals surface area (Å²) in [5, 5.41) is 6.67. The SMILES string of the molecule is CCOc1ccc(NC(=NC)NCc2ccc(CN3CCN(C)CC3)cc2)cc1OC.I. The number of ether oxygens (including phenoxy) is 2. The van der Waals surface area contributed by atoms with Crippen LogP contribution in [0.25, 0.3) is 0 Å². The fourth-order valence-electron chi connectivity index (χ4n) is 3.55. The average molecular weight is 553 g/mol. The number of hydrogen-bond acceptors (Lipinski definition) is 5. The molecule has 7 nitrogen and oxygen atoms in total. The highest BCUT2D eigenvalue weighted by atomic mass is 127. The van der Waals surface area contributed by atoms with E-state index in [-0.39, 0.29) is 24.0 Å². The Morgan fingerprint density at radius 3 is 2.31 bits per heavy atom. The van der Waals surface area contributed by atoms with Crippen molar-refractivity contribution in [2.24, 2.45) is 4.99 Å². The van der Waals surface area contributed by atoms with Crippen molar-refractivity contribution in [1.29, 1.82) is 0 Å². The summed E-state index contributed by atoms with van der Waals surface area (Å²) in [6, 6.07) is 14.6. The van der Waals surface area contributed by atoms with Crippen LogP contribution >= 0.6 is 24.0 Å².